The van der Waals surface area contributed by atoms with Crippen LogP contribution in [0.4, 0.5) is 0 Å². The van der Waals surface area contributed by atoms with Crippen molar-refractivity contribution in [2.75, 3.05) is 6.54 Å². The molecule has 0 spiro atoms. The van der Waals surface area contributed by atoms with Crippen molar-refractivity contribution < 1.29 is 18.0 Å². The average Bonchev–Trinajstić information content (AvgIpc) is 2.83. The molecule has 3 rings (SSSR count). The van der Waals surface area contributed by atoms with Crippen LogP contribution < -0.4 is 21.5 Å². The Balaban J connectivity index is 0.00000432. The van der Waals surface area contributed by atoms with Gasteiger partial charge in [-0.15, -0.1) is 0 Å². The summed E-state index contributed by atoms with van der Waals surface area (Å²) in [6, 6.07) is 17.5. The molecule has 0 bridgehead atoms. The second-order valence-corrected chi connectivity index (χ2v) is 9.71. The Labute approximate surface area is 233 Å². The third-order valence-corrected chi connectivity index (χ3v) is 7.19. The molecule has 0 fully saturated rings. The summed E-state index contributed by atoms with van der Waals surface area (Å²) in [5.74, 6) is -1.38. The van der Waals surface area contributed by atoms with Crippen LogP contribution in [0.3, 0.4) is 0 Å². The number of benzene rings is 3. The molecule has 0 saturated carbocycles. The van der Waals surface area contributed by atoms with Crippen LogP contribution >= 0.6 is 27.0 Å². The van der Waals surface area contributed by atoms with E-state index in [0.717, 1.165) is 22.9 Å². The summed E-state index contributed by atoms with van der Waals surface area (Å²) in [6.07, 6.45) is 0.988. The number of rotatable bonds is 11. The van der Waals surface area contributed by atoms with Gasteiger partial charge in [0.25, 0.3) is 0 Å². The molecule has 37 heavy (non-hydrogen) atoms. The van der Waals surface area contributed by atoms with Crippen LogP contribution in [0, 0.1) is 0 Å². The Morgan fingerprint density at radius 3 is 2.05 bits per heavy atom. The highest BCUT2D eigenvalue weighted by atomic mass is 32.2. The molecule has 0 aliphatic rings. The first-order valence-corrected chi connectivity index (χ1v) is 12.6. The molecule has 204 valence electrons. The highest BCUT2D eigenvalue weighted by molar-refractivity contribution is 7.89. The second-order valence-electron chi connectivity index (χ2n) is 8.03. The molecule has 0 aromatic heterocycles. The minimum absolute atomic E-state index is 0. The molecule has 8 nitrogen and oxygen atoms in total. The van der Waals surface area contributed by atoms with Gasteiger partial charge in [-0.3, -0.25) is 9.59 Å². The molecule has 3 aromatic carbocycles. The molecule has 3 aromatic rings. The number of carbonyl (C=O) groups is 2. The third-order valence-electron chi connectivity index (χ3n) is 5.66. The van der Waals surface area contributed by atoms with Crippen molar-refractivity contribution in [2.24, 2.45) is 11.5 Å². The van der Waals surface area contributed by atoms with Crippen LogP contribution in [-0.4, -0.2) is 38.9 Å². The van der Waals surface area contributed by atoms with Crippen LogP contribution in [0.5, 0.6) is 0 Å². The van der Waals surface area contributed by atoms with Gasteiger partial charge in [0.2, 0.25) is 21.8 Å². The topological polar surface area (TPSA) is 144 Å². The van der Waals surface area contributed by atoms with E-state index in [1.807, 2.05) is 49.4 Å². The first kappa shape index (κ1) is 34.4. The number of aryl methyl sites for hydroxylation is 1. The van der Waals surface area contributed by atoms with Gasteiger partial charge in [0.15, 0.2) is 0 Å². The summed E-state index contributed by atoms with van der Waals surface area (Å²) in [4.78, 5) is 25.1. The predicted octanol–water partition coefficient (Wildman–Crippen LogP) is 2.47. The summed E-state index contributed by atoms with van der Waals surface area (Å²) in [5.41, 5.74) is 13.0. The summed E-state index contributed by atoms with van der Waals surface area (Å²) < 4.78 is 29.1. The fourth-order valence-corrected chi connectivity index (χ4v) is 5.32. The number of amides is 2. The van der Waals surface area contributed by atoms with Crippen molar-refractivity contribution in [1.82, 2.24) is 10.0 Å². The molecule has 0 aliphatic carbocycles. The zero-order valence-electron chi connectivity index (χ0n) is 20.0. The number of hydrogen-bond acceptors (Lipinski definition) is 5. The van der Waals surface area contributed by atoms with Crippen molar-refractivity contribution in [3.8, 4) is 0 Å². The molecule has 0 unspecified atom stereocenters. The van der Waals surface area contributed by atoms with Gasteiger partial charge in [-0.05, 0) is 42.0 Å². The largest absolute Gasteiger partial charge is 0.368 e. The molecule has 2 atom stereocenters. The Bertz CT molecular complexity index is 1270. The number of nitrogens with two attached hydrogens (primary N) is 2. The lowest BCUT2D eigenvalue weighted by Gasteiger charge is -2.22. The van der Waals surface area contributed by atoms with E-state index in [2.05, 4.69) is 10.0 Å². The number of fused-ring (bicyclic) bond motifs is 1. The van der Waals surface area contributed by atoms with E-state index in [9.17, 15) is 18.0 Å². The quantitative estimate of drug-likeness (QED) is 0.282. The minimum atomic E-state index is -4.08. The SMILES string of the molecule is C.CCc1ccc(S(=O)(=O)N[C@@H](CCN)C(=O)N[C@@H](Cc2ccccc2)C(N)=O)c2ccccc12.S.S. The van der Waals surface area contributed by atoms with Gasteiger partial charge in [-0.2, -0.15) is 31.7 Å². The molecule has 0 aliphatic heterocycles. The lowest BCUT2D eigenvalue weighted by Crippen LogP contribution is -2.54. The Kier molecular flexibility index (Phi) is 14.5. The van der Waals surface area contributed by atoms with E-state index in [1.54, 1.807) is 24.3 Å². The van der Waals surface area contributed by atoms with Crippen LogP contribution in [0.15, 0.2) is 71.6 Å². The normalized spacial score (nSPS) is 12.3. The number of hydrogen-bond donors (Lipinski definition) is 4. The molecule has 11 heteroatoms. The lowest BCUT2D eigenvalue weighted by molar-refractivity contribution is -0.128. The predicted molar refractivity (Wildman–Crippen MR) is 160 cm³/mol. The van der Waals surface area contributed by atoms with Crippen molar-refractivity contribution in [3.63, 3.8) is 0 Å². The summed E-state index contributed by atoms with van der Waals surface area (Å²) in [5, 5.41) is 3.99. The maximum atomic E-state index is 13.3. The van der Waals surface area contributed by atoms with Crippen LogP contribution in [0.2, 0.25) is 0 Å². The fraction of sp³-hybridized carbons (Fsp3) is 0.308. The summed E-state index contributed by atoms with van der Waals surface area (Å²) >= 11 is 0. The van der Waals surface area contributed by atoms with E-state index in [0.29, 0.717) is 5.39 Å². The number of nitrogens with one attached hydrogen (secondary N) is 2. The van der Waals surface area contributed by atoms with E-state index >= 15 is 0 Å². The third kappa shape index (κ3) is 8.75. The maximum Gasteiger partial charge on any atom is 0.241 e. The fourth-order valence-electron chi connectivity index (χ4n) is 3.88. The van der Waals surface area contributed by atoms with E-state index < -0.39 is 33.9 Å². The van der Waals surface area contributed by atoms with Crippen molar-refractivity contribution >= 4 is 59.6 Å². The van der Waals surface area contributed by atoms with Gasteiger partial charge in [-0.1, -0.05) is 75.0 Å². The van der Waals surface area contributed by atoms with Gasteiger partial charge in [0.05, 0.1) is 4.90 Å². The van der Waals surface area contributed by atoms with Gasteiger partial charge in [0, 0.05) is 11.8 Å². The molecule has 0 radical (unpaired) electrons. The highest BCUT2D eigenvalue weighted by Crippen LogP contribution is 2.27. The molecular weight excluding hydrogens is 529 g/mol. The monoisotopic (exact) mass is 566 g/mol. The standard InChI is InChI=1S/C25H30N4O4S.CH4.2H2S/c1-2-18-12-13-23(20-11-7-6-10-19(18)20)34(32,33)29-21(14-15-26)25(31)28-22(24(27)30)16-17-8-4-3-5-9-17;;;/h3-13,21-22,29H,2,14-16,26H2,1H3,(H2,27,30)(H,28,31);1H4;2*1H2/t21-,22-;;;/m0.../s1. The molecular formula is C26H38N4O4S3. The molecule has 0 saturated heterocycles. The molecule has 6 N–H and O–H groups in total. The number of primary amides is 1. The first-order chi connectivity index (χ1) is 16.3. The van der Waals surface area contributed by atoms with Gasteiger partial charge in [0.1, 0.15) is 12.1 Å². The molecule has 0 heterocycles. The van der Waals surface area contributed by atoms with Crippen LogP contribution in [-0.2, 0) is 32.5 Å². The smallest absolute Gasteiger partial charge is 0.241 e. The van der Waals surface area contributed by atoms with Crippen LogP contribution in [0.1, 0.15) is 31.9 Å². The van der Waals surface area contributed by atoms with Gasteiger partial charge in [-0.25, -0.2) is 8.42 Å². The van der Waals surface area contributed by atoms with E-state index in [4.69, 9.17) is 11.5 Å². The first-order valence-electron chi connectivity index (χ1n) is 11.1. The number of carbonyl (C=O) groups excluding carboxylic acids is 2. The van der Waals surface area contributed by atoms with Crippen LogP contribution in [0.25, 0.3) is 10.8 Å². The van der Waals surface area contributed by atoms with Gasteiger partial charge < -0.3 is 16.8 Å². The minimum Gasteiger partial charge on any atom is -0.368 e. The Morgan fingerprint density at radius 1 is 0.892 bits per heavy atom. The summed E-state index contributed by atoms with van der Waals surface area (Å²) in [7, 11) is -4.08. The maximum absolute atomic E-state index is 13.3. The second kappa shape index (κ2) is 15.6. The Morgan fingerprint density at radius 2 is 1.49 bits per heavy atom. The van der Waals surface area contributed by atoms with Crippen molar-refractivity contribution in [3.05, 3.63) is 77.9 Å². The highest BCUT2D eigenvalue weighted by Gasteiger charge is 2.29. The van der Waals surface area contributed by atoms with Crippen molar-refractivity contribution in [2.45, 2.75) is 50.6 Å². The zero-order chi connectivity index (χ0) is 24.7. The number of sulfonamides is 1. The van der Waals surface area contributed by atoms with E-state index in [-0.39, 0.29) is 58.7 Å². The zero-order valence-corrected chi connectivity index (χ0v) is 22.8. The van der Waals surface area contributed by atoms with Gasteiger partial charge >= 0.3 is 0 Å². The van der Waals surface area contributed by atoms with E-state index in [1.165, 1.54) is 0 Å². The van der Waals surface area contributed by atoms with Crippen molar-refractivity contribution in [1.29, 1.82) is 0 Å². The average molecular weight is 567 g/mol. The summed E-state index contributed by atoms with van der Waals surface area (Å²) in [6.45, 7) is 2.07. The molecule has 2 amide bonds. The Hall–Kier alpha value is -2.57. The lowest BCUT2D eigenvalue weighted by atomic mass is 10.0.